The van der Waals surface area contributed by atoms with Crippen LogP contribution in [0, 0.1) is 11.2 Å². The van der Waals surface area contributed by atoms with E-state index in [-0.39, 0.29) is 16.9 Å². The average molecular weight is 340 g/mol. The molecule has 0 saturated heterocycles. The van der Waals surface area contributed by atoms with Gasteiger partial charge in [-0.1, -0.05) is 48.4 Å². The summed E-state index contributed by atoms with van der Waals surface area (Å²) in [5, 5.41) is 0. The second kappa shape index (κ2) is 5.68. The van der Waals surface area contributed by atoms with Gasteiger partial charge < -0.3 is 4.90 Å². The van der Waals surface area contributed by atoms with Crippen molar-refractivity contribution < 1.29 is 9.18 Å². The maximum Gasteiger partial charge on any atom is 0.257 e. The van der Waals surface area contributed by atoms with Gasteiger partial charge in [0.25, 0.3) is 5.91 Å². The minimum atomic E-state index is -0.477. The summed E-state index contributed by atoms with van der Waals surface area (Å²) in [4.78, 5) is 14.0. The molecular weight excluding hydrogens is 321 g/mol. The Kier molecular flexibility index (Phi) is 4.33. The van der Waals surface area contributed by atoms with Crippen molar-refractivity contribution in [1.29, 1.82) is 0 Å². The Bertz CT molecular complexity index is 560. The Morgan fingerprint density at radius 3 is 2.55 bits per heavy atom. The average Bonchev–Trinajstić information content (AvgIpc) is 2.37. The second-order valence-corrected chi connectivity index (χ2v) is 7.02. The van der Waals surface area contributed by atoms with Crippen LogP contribution in [0.25, 0.3) is 0 Å². The fourth-order valence-electron chi connectivity index (χ4n) is 2.37. The van der Waals surface area contributed by atoms with Gasteiger partial charge in [0.2, 0.25) is 0 Å². The van der Waals surface area contributed by atoms with Gasteiger partial charge in [0.1, 0.15) is 5.82 Å². The Morgan fingerprint density at radius 1 is 1.35 bits per heavy atom. The van der Waals surface area contributed by atoms with Gasteiger partial charge in [0, 0.05) is 17.6 Å². The van der Waals surface area contributed by atoms with E-state index in [1.165, 1.54) is 17.7 Å². The van der Waals surface area contributed by atoms with E-state index in [1.807, 2.05) is 0 Å². The summed E-state index contributed by atoms with van der Waals surface area (Å²) in [6, 6.07) is 4.55. The zero-order valence-electron chi connectivity index (χ0n) is 12.0. The van der Waals surface area contributed by atoms with E-state index in [9.17, 15) is 9.18 Å². The number of benzene rings is 1. The molecule has 1 aromatic rings. The first-order valence-electron chi connectivity index (χ1n) is 6.73. The van der Waals surface area contributed by atoms with Crippen LogP contribution < -0.4 is 0 Å². The van der Waals surface area contributed by atoms with Crippen LogP contribution in [0.1, 0.15) is 37.6 Å². The second-order valence-electron chi connectivity index (χ2n) is 6.10. The number of rotatable bonds is 1. The molecule has 1 aliphatic heterocycles. The van der Waals surface area contributed by atoms with Crippen molar-refractivity contribution in [2.24, 2.45) is 5.41 Å². The van der Waals surface area contributed by atoms with E-state index in [2.05, 4.69) is 42.8 Å². The number of hydrogen-bond donors (Lipinski definition) is 0. The van der Waals surface area contributed by atoms with Gasteiger partial charge >= 0.3 is 0 Å². The molecular formula is C16H19BrFNO. The molecule has 2 nitrogen and oxygen atoms in total. The van der Waals surface area contributed by atoms with Crippen LogP contribution in [0.3, 0.4) is 0 Å². The lowest BCUT2D eigenvalue weighted by Crippen LogP contribution is -2.36. The van der Waals surface area contributed by atoms with Gasteiger partial charge in [-0.25, -0.2) is 4.39 Å². The van der Waals surface area contributed by atoms with Crippen molar-refractivity contribution in [2.45, 2.75) is 27.2 Å². The molecule has 0 spiro atoms. The van der Waals surface area contributed by atoms with E-state index in [0.717, 1.165) is 6.42 Å². The molecule has 0 saturated carbocycles. The molecule has 1 heterocycles. The van der Waals surface area contributed by atoms with E-state index in [0.29, 0.717) is 17.6 Å². The number of halogens is 2. The lowest BCUT2D eigenvalue weighted by Gasteiger charge is -2.32. The van der Waals surface area contributed by atoms with E-state index in [1.54, 1.807) is 11.0 Å². The van der Waals surface area contributed by atoms with Gasteiger partial charge in [0.05, 0.1) is 5.56 Å². The number of hydrogen-bond acceptors (Lipinski definition) is 1. The Hall–Kier alpha value is -1.16. The summed E-state index contributed by atoms with van der Waals surface area (Å²) in [6.07, 6.45) is 2.95. The fourth-order valence-corrected chi connectivity index (χ4v) is 2.70. The number of nitrogens with zero attached hydrogens (tertiary/aromatic N) is 1. The molecule has 0 fully saturated rings. The van der Waals surface area contributed by atoms with Crippen LogP contribution in [-0.2, 0) is 0 Å². The molecule has 1 amide bonds. The third-order valence-corrected chi connectivity index (χ3v) is 4.11. The van der Waals surface area contributed by atoms with Gasteiger partial charge in [-0.15, -0.1) is 0 Å². The molecule has 0 unspecified atom stereocenters. The molecule has 0 bridgehead atoms. The summed E-state index contributed by atoms with van der Waals surface area (Å²) in [5.41, 5.74) is 1.64. The zero-order chi connectivity index (χ0) is 14.9. The Balaban J connectivity index is 2.14. The highest BCUT2D eigenvalue weighted by Gasteiger charge is 2.25. The van der Waals surface area contributed by atoms with Crippen molar-refractivity contribution >= 4 is 21.8 Å². The molecule has 20 heavy (non-hydrogen) atoms. The van der Waals surface area contributed by atoms with Crippen molar-refractivity contribution in [1.82, 2.24) is 4.90 Å². The molecule has 0 radical (unpaired) electrons. The lowest BCUT2D eigenvalue weighted by molar-refractivity contribution is 0.0760. The molecule has 0 aromatic heterocycles. The molecule has 1 aromatic carbocycles. The van der Waals surface area contributed by atoms with Gasteiger partial charge in [0.15, 0.2) is 0 Å². The standard InChI is InChI=1S/C16H19BrFNO/c1-16(2,3)11-6-8-19(9-7-11)15(20)13-5-4-12(17)10-14(13)18/h4-6,10H,7-9H2,1-3H3. The summed E-state index contributed by atoms with van der Waals surface area (Å²) < 4.78 is 14.5. The maximum absolute atomic E-state index is 13.8. The van der Waals surface area contributed by atoms with Crippen LogP contribution in [0.5, 0.6) is 0 Å². The first-order chi connectivity index (χ1) is 9.29. The molecule has 0 N–H and O–H groups in total. The van der Waals surface area contributed by atoms with Crippen molar-refractivity contribution in [2.75, 3.05) is 13.1 Å². The number of carbonyl (C=O) groups excluding carboxylic acids is 1. The molecule has 108 valence electrons. The molecule has 0 atom stereocenters. The predicted molar refractivity (Wildman–Crippen MR) is 82.2 cm³/mol. The highest BCUT2D eigenvalue weighted by atomic mass is 79.9. The zero-order valence-corrected chi connectivity index (χ0v) is 13.6. The topological polar surface area (TPSA) is 20.3 Å². The molecule has 2 rings (SSSR count). The van der Waals surface area contributed by atoms with Crippen molar-refractivity contribution in [3.05, 3.63) is 45.7 Å². The maximum atomic E-state index is 13.8. The summed E-state index contributed by atoms with van der Waals surface area (Å²) >= 11 is 3.20. The minimum absolute atomic E-state index is 0.137. The normalized spacial score (nSPS) is 16.1. The minimum Gasteiger partial charge on any atom is -0.335 e. The van der Waals surface area contributed by atoms with Crippen molar-refractivity contribution in [3.8, 4) is 0 Å². The molecule has 4 heteroatoms. The van der Waals surface area contributed by atoms with E-state index >= 15 is 0 Å². The van der Waals surface area contributed by atoms with Gasteiger partial charge in [-0.05, 0) is 30.0 Å². The van der Waals surface area contributed by atoms with Gasteiger partial charge in [-0.3, -0.25) is 4.79 Å². The highest BCUT2D eigenvalue weighted by Crippen LogP contribution is 2.30. The van der Waals surface area contributed by atoms with Crippen LogP contribution >= 0.6 is 15.9 Å². The third kappa shape index (κ3) is 3.29. The predicted octanol–water partition coefficient (Wildman–Crippen LogP) is 4.41. The Labute approximate surface area is 127 Å². The molecule has 1 aliphatic rings. The lowest BCUT2D eigenvalue weighted by atomic mass is 9.83. The van der Waals surface area contributed by atoms with Crippen molar-refractivity contribution in [3.63, 3.8) is 0 Å². The first kappa shape index (κ1) is 15.2. The number of carbonyl (C=O) groups is 1. The SMILES string of the molecule is CC(C)(C)C1=CCN(C(=O)c2ccc(Br)cc2F)CC1. The smallest absolute Gasteiger partial charge is 0.257 e. The Morgan fingerprint density at radius 2 is 2.05 bits per heavy atom. The summed E-state index contributed by atoms with van der Waals surface area (Å²) in [6.45, 7) is 7.72. The van der Waals surface area contributed by atoms with Crippen LogP contribution in [0.4, 0.5) is 4.39 Å². The monoisotopic (exact) mass is 339 g/mol. The number of amides is 1. The first-order valence-corrected chi connectivity index (χ1v) is 7.52. The van der Waals surface area contributed by atoms with E-state index < -0.39 is 5.82 Å². The largest absolute Gasteiger partial charge is 0.335 e. The fraction of sp³-hybridized carbons (Fsp3) is 0.438. The van der Waals surface area contributed by atoms with Crippen LogP contribution in [-0.4, -0.2) is 23.9 Å². The highest BCUT2D eigenvalue weighted by molar-refractivity contribution is 9.10. The quantitative estimate of drug-likeness (QED) is 0.694. The molecule has 0 aliphatic carbocycles. The van der Waals surface area contributed by atoms with Crippen LogP contribution in [0.15, 0.2) is 34.3 Å². The van der Waals surface area contributed by atoms with Gasteiger partial charge in [-0.2, -0.15) is 0 Å². The van der Waals surface area contributed by atoms with E-state index in [4.69, 9.17) is 0 Å². The summed E-state index contributed by atoms with van der Waals surface area (Å²) in [5.74, 6) is -0.714. The summed E-state index contributed by atoms with van der Waals surface area (Å²) in [7, 11) is 0. The third-order valence-electron chi connectivity index (χ3n) is 3.62. The van der Waals surface area contributed by atoms with Crippen LogP contribution in [0.2, 0.25) is 0 Å².